The van der Waals surface area contributed by atoms with Crippen molar-refractivity contribution < 1.29 is 18.0 Å². The van der Waals surface area contributed by atoms with Crippen LogP contribution >= 0.6 is 22.7 Å². The minimum Gasteiger partial charge on any atom is -0.326 e. The topological polar surface area (TPSA) is 167 Å². The molecule has 3 rings (SSSR count). The van der Waals surface area contributed by atoms with E-state index in [1.165, 1.54) is 18.3 Å². The van der Waals surface area contributed by atoms with Crippen LogP contribution in [0.4, 0.5) is 14.9 Å². The van der Waals surface area contributed by atoms with Crippen LogP contribution in [-0.2, 0) is 16.6 Å². The molecule has 0 aliphatic rings. The van der Waals surface area contributed by atoms with E-state index >= 15 is 0 Å². The van der Waals surface area contributed by atoms with Gasteiger partial charge in [-0.2, -0.15) is 5.26 Å². The number of nitrogens with one attached hydrogen (secondary N) is 3. The van der Waals surface area contributed by atoms with Crippen LogP contribution in [0.3, 0.4) is 0 Å². The lowest BCUT2D eigenvalue weighted by Crippen LogP contribution is -2.33. The van der Waals surface area contributed by atoms with Gasteiger partial charge in [-0.05, 0) is 23.8 Å². The van der Waals surface area contributed by atoms with Gasteiger partial charge in [-0.25, -0.2) is 22.9 Å². The zero-order chi connectivity index (χ0) is 21.7. The second kappa shape index (κ2) is 9.01. The van der Waals surface area contributed by atoms with Crippen LogP contribution in [-0.4, -0.2) is 25.3 Å². The number of hydrogen-bond donors (Lipinski definition) is 4. The lowest BCUT2D eigenvalue weighted by molar-refractivity contribution is 0.102. The summed E-state index contributed by atoms with van der Waals surface area (Å²) in [6.45, 7) is 0.202. The number of aromatic nitrogens is 1. The van der Waals surface area contributed by atoms with Gasteiger partial charge in [0.1, 0.15) is 20.2 Å². The molecule has 3 aromatic rings. The molecule has 154 valence electrons. The van der Waals surface area contributed by atoms with Crippen LogP contribution in [0.1, 0.15) is 20.8 Å². The van der Waals surface area contributed by atoms with E-state index in [0.717, 1.165) is 22.7 Å². The predicted octanol–water partition coefficient (Wildman–Crippen LogP) is 2.30. The number of thiophene rings is 1. The van der Waals surface area contributed by atoms with E-state index in [1.807, 2.05) is 10.8 Å². The van der Waals surface area contributed by atoms with Crippen LogP contribution in [0.2, 0.25) is 0 Å². The summed E-state index contributed by atoms with van der Waals surface area (Å²) in [5, 5.41) is 14.2. The molecule has 0 spiro atoms. The van der Waals surface area contributed by atoms with Crippen LogP contribution in [0, 0.1) is 11.3 Å². The minimum atomic E-state index is -4.12. The number of rotatable bonds is 6. The smallest absolute Gasteiger partial charge is 0.326 e. The highest BCUT2D eigenvalue weighted by molar-refractivity contribution is 7.92. The number of thiazole rings is 1. The van der Waals surface area contributed by atoms with Crippen LogP contribution < -0.4 is 21.1 Å². The van der Waals surface area contributed by atoms with Gasteiger partial charge < -0.3 is 11.1 Å². The Kier molecular flexibility index (Phi) is 6.43. The molecule has 3 amide bonds. The Morgan fingerprint density at radius 3 is 2.60 bits per heavy atom. The second-order valence-corrected chi connectivity index (χ2v) is 9.66. The van der Waals surface area contributed by atoms with Crippen molar-refractivity contribution in [1.29, 1.82) is 5.26 Å². The standard InChI is InChI=1S/C17H14N6O4S3/c18-7-10-3-1-2-4-12(10)15(24)21-13-9-20-17(29-13)22-16(25)23-30(26,27)14-6-5-11(8-19)28-14/h1-6,9H,7,18H2,(H,21,24)(H2,20,22,23,25). The Labute approximate surface area is 179 Å². The summed E-state index contributed by atoms with van der Waals surface area (Å²) < 4.78 is 26.0. The lowest BCUT2D eigenvalue weighted by Gasteiger charge is -2.07. The first-order valence-corrected chi connectivity index (χ1v) is 11.3. The molecule has 0 atom stereocenters. The molecule has 0 fully saturated rings. The maximum Gasteiger partial charge on any atom is 0.334 e. The molecule has 13 heteroatoms. The SMILES string of the molecule is N#Cc1ccc(S(=O)(=O)NC(=O)Nc2ncc(NC(=O)c3ccccc3CN)s2)s1. The quantitative estimate of drug-likeness (QED) is 0.436. The highest BCUT2D eigenvalue weighted by Gasteiger charge is 2.21. The summed E-state index contributed by atoms with van der Waals surface area (Å²) in [7, 11) is -4.12. The van der Waals surface area contributed by atoms with Crippen molar-refractivity contribution in [1.82, 2.24) is 9.71 Å². The molecule has 0 saturated heterocycles. The molecule has 2 aromatic heterocycles. The van der Waals surface area contributed by atoms with Gasteiger partial charge in [-0.1, -0.05) is 29.5 Å². The number of sulfonamides is 1. The summed E-state index contributed by atoms with van der Waals surface area (Å²) >= 11 is 1.68. The normalized spacial score (nSPS) is 10.8. The third-order valence-electron chi connectivity index (χ3n) is 3.63. The Morgan fingerprint density at radius 2 is 1.90 bits per heavy atom. The Morgan fingerprint density at radius 1 is 1.13 bits per heavy atom. The molecule has 0 radical (unpaired) electrons. The highest BCUT2D eigenvalue weighted by atomic mass is 32.2. The third kappa shape index (κ3) is 4.99. The molecule has 0 unspecified atom stereocenters. The number of nitriles is 1. The van der Waals surface area contributed by atoms with Crippen LogP contribution in [0.25, 0.3) is 0 Å². The summed E-state index contributed by atoms with van der Waals surface area (Å²) in [5.41, 5.74) is 6.73. The fourth-order valence-electron chi connectivity index (χ4n) is 2.31. The molecule has 0 aliphatic carbocycles. The van der Waals surface area contributed by atoms with Gasteiger partial charge in [-0.15, -0.1) is 11.3 Å². The van der Waals surface area contributed by atoms with E-state index in [-0.39, 0.29) is 26.7 Å². The lowest BCUT2D eigenvalue weighted by atomic mass is 10.1. The molecule has 1 aromatic carbocycles. The number of amides is 3. The molecule has 5 N–H and O–H groups in total. The van der Waals surface area contributed by atoms with Crippen LogP contribution in [0.15, 0.2) is 46.8 Å². The van der Waals surface area contributed by atoms with Crippen molar-refractivity contribution in [2.75, 3.05) is 10.6 Å². The van der Waals surface area contributed by atoms with E-state index < -0.39 is 16.1 Å². The van der Waals surface area contributed by atoms with E-state index in [4.69, 9.17) is 11.0 Å². The van der Waals surface area contributed by atoms with Crippen molar-refractivity contribution in [2.24, 2.45) is 5.73 Å². The summed E-state index contributed by atoms with van der Waals surface area (Å²) in [6, 6.07) is 10.2. The monoisotopic (exact) mass is 462 g/mol. The second-order valence-electron chi connectivity index (χ2n) is 5.64. The van der Waals surface area contributed by atoms with Gasteiger partial charge in [0.05, 0.1) is 6.20 Å². The molecule has 10 nitrogen and oxygen atoms in total. The summed E-state index contributed by atoms with van der Waals surface area (Å²) in [5.74, 6) is -0.385. The Hall–Kier alpha value is -3.31. The zero-order valence-electron chi connectivity index (χ0n) is 15.1. The predicted molar refractivity (Wildman–Crippen MR) is 113 cm³/mol. The average molecular weight is 463 g/mol. The molecule has 0 aliphatic heterocycles. The van der Waals surface area contributed by atoms with Gasteiger partial charge in [0.2, 0.25) is 0 Å². The Bertz CT molecular complexity index is 1240. The highest BCUT2D eigenvalue weighted by Crippen LogP contribution is 2.25. The van der Waals surface area contributed by atoms with Gasteiger partial charge >= 0.3 is 6.03 Å². The van der Waals surface area contributed by atoms with Gasteiger partial charge in [0.15, 0.2) is 5.13 Å². The first-order chi connectivity index (χ1) is 14.3. The number of benzene rings is 1. The van der Waals surface area contributed by atoms with E-state index in [1.54, 1.807) is 24.3 Å². The number of carbonyl (C=O) groups excluding carboxylic acids is 2. The molecular weight excluding hydrogens is 448 g/mol. The summed E-state index contributed by atoms with van der Waals surface area (Å²) in [6.07, 6.45) is 1.33. The number of urea groups is 1. The molecule has 2 heterocycles. The Balaban J connectivity index is 1.63. The maximum atomic E-state index is 12.4. The van der Waals surface area contributed by atoms with E-state index in [0.29, 0.717) is 16.1 Å². The zero-order valence-corrected chi connectivity index (χ0v) is 17.5. The molecular formula is C17H14N6O4S3. The molecule has 0 saturated carbocycles. The minimum absolute atomic E-state index is 0.0778. The van der Waals surface area contributed by atoms with Gasteiger partial charge in [0, 0.05) is 12.1 Å². The van der Waals surface area contributed by atoms with Gasteiger partial charge in [0.25, 0.3) is 15.9 Å². The van der Waals surface area contributed by atoms with Crippen LogP contribution in [0.5, 0.6) is 0 Å². The fourth-order valence-corrected chi connectivity index (χ4v) is 5.03. The number of nitrogens with zero attached hydrogens (tertiary/aromatic N) is 2. The number of nitrogens with two attached hydrogens (primary N) is 1. The fraction of sp³-hybridized carbons (Fsp3) is 0.0588. The molecule has 30 heavy (non-hydrogen) atoms. The average Bonchev–Trinajstić information content (AvgIpc) is 3.37. The van der Waals surface area contributed by atoms with Crippen molar-refractivity contribution in [3.63, 3.8) is 0 Å². The van der Waals surface area contributed by atoms with Crippen molar-refractivity contribution in [3.05, 3.63) is 58.6 Å². The van der Waals surface area contributed by atoms with Crippen molar-refractivity contribution in [2.45, 2.75) is 10.8 Å². The number of carbonyl (C=O) groups is 2. The van der Waals surface area contributed by atoms with Crippen molar-refractivity contribution in [3.8, 4) is 6.07 Å². The van der Waals surface area contributed by atoms with Gasteiger partial charge in [-0.3, -0.25) is 10.1 Å². The third-order valence-corrected chi connectivity index (χ3v) is 7.27. The molecule has 0 bridgehead atoms. The number of anilines is 2. The first kappa shape index (κ1) is 21.4. The van der Waals surface area contributed by atoms with E-state index in [9.17, 15) is 18.0 Å². The van der Waals surface area contributed by atoms with Crippen molar-refractivity contribution >= 4 is 54.8 Å². The van der Waals surface area contributed by atoms with E-state index in [2.05, 4.69) is 15.6 Å². The largest absolute Gasteiger partial charge is 0.334 e. The summed E-state index contributed by atoms with van der Waals surface area (Å²) in [4.78, 5) is 28.6. The first-order valence-electron chi connectivity index (χ1n) is 8.21. The number of hydrogen-bond acceptors (Lipinski definition) is 9. The maximum absolute atomic E-state index is 12.4.